The molecule has 2 rings (SSSR count). The van der Waals surface area contributed by atoms with Gasteiger partial charge < -0.3 is 10.2 Å². The molecule has 1 aromatic carbocycles. The van der Waals surface area contributed by atoms with E-state index in [1.807, 2.05) is 22.6 Å². The third kappa shape index (κ3) is 2.64. The predicted molar refractivity (Wildman–Crippen MR) is 79.4 cm³/mol. The van der Waals surface area contributed by atoms with Gasteiger partial charge in [0.2, 0.25) is 5.78 Å². The van der Waals surface area contributed by atoms with Gasteiger partial charge in [-0.15, -0.1) is 0 Å². The molecule has 21 heavy (non-hydrogen) atoms. The van der Waals surface area contributed by atoms with Crippen molar-refractivity contribution in [3.05, 3.63) is 50.6 Å². The molecule has 1 aliphatic carbocycles. The zero-order valence-electron chi connectivity index (χ0n) is 10.3. The van der Waals surface area contributed by atoms with Crippen LogP contribution in [-0.4, -0.2) is 33.7 Å². The van der Waals surface area contributed by atoms with Crippen molar-refractivity contribution in [1.29, 1.82) is 0 Å². The molecule has 0 saturated carbocycles. The third-order valence-corrected chi connectivity index (χ3v) is 3.77. The lowest BCUT2D eigenvalue weighted by Crippen LogP contribution is -2.26. The number of ketones is 2. The highest BCUT2D eigenvalue weighted by molar-refractivity contribution is 14.1. The maximum atomic E-state index is 12.3. The van der Waals surface area contributed by atoms with Crippen LogP contribution in [0.25, 0.3) is 5.57 Å². The van der Waals surface area contributed by atoms with E-state index in [0.717, 1.165) is 0 Å². The van der Waals surface area contributed by atoms with Crippen LogP contribution in [0.1, 0.15) is 5.56 Å². The first kappa shape index (κ1) is 15.1. The van der Waals surface area contributed by atoms with Crippen molar-refractivity contribution in [2.45, 2.75) is 0 Å². The lowest BCUT2D eigenvalue weighted by atomic mass is 9.85. The molecule has 0 unspecified atom stereocenters. The van der Waals surface area contributed by atoms with Gasteiger partial charge in [-0.25, -0.2) is 9.59 Å². The standard InChI is InChI=1S/C14H7IO6/c15-8-4-2-1-3-6(8)10-11(14(20)21)9(16)5-7(12(10)17)13(18)19/h1-5H,(H,18,19)(H,20,21). The van der Waals surface area contributed by atoms with E-state index in [-0.39, 0.29) is 5.56 Å². The van der Waals surface area contributed by atoms with Gasteiger partial charge in [0, 0.05) is 15.2 Å². The summed E-state index contributed by atoms with van der Waals surface area (Å²) in [6, 6.07) is 6.34. The summed E-state index contributed by atoms with van der Waals surface area (Å²) in [6.07, 6.45) is 0.549. The van der Waals surface area contributed by atoms with Crippen molar-refractivity contribution in [2.75, 3.05) is 0 Å². The molecule has 2 N–H and O–H groups in total. The monoisotopic (exact) mass is 398 g/mol. The molecule has 0 bridgehead atoms. The van der Waals surface area contributed by atoms with Gasteiger partial charge in [0.05, 0.1) is 0 Å². The van der Waals surface area contributed by atoms with E-state index in [1.165, 1.54) is 6.07 Å². The summed E-state index contributed by atoms with van der Waals surface area (Å²) in [5.41, 5.74) is -1.62. The van der Waals surface area contributed by atoms with E-state index in [4.69, 9.17) is 10.2 Å². The van der Waals surface area contributed by atoms with Gasteiger partial charge in [-0.3, -0.25) is 9.59 Å². The van der Waals surface area contributed by atoms with Gasteiger partial charge in [-0.2, -0.15) is 0 Å². The second kappa shape index (κ2) is 5.60. The van der Waals surface area contributed by atoms with E-state index >= 15 is 0 Å². The van der Waals surface area contributed by atoms with E-state index in [9.17, 15) is 19.2 Å². The molecule has 0 heterocycles. The van der Waals surface area contributed by atoms with Crippen molar-refractivity contribution in [3.63, 3.8) is 0 Å². The van der Waals surface area contributed by atoms with E-state index < -0.39 is 40.2 Å². The lowest BCUT2D eigenvalue weighted by molar-refractivity contribution is -0.136. The highest BCUT2D eigenvalue weighted by Crippen LogP contribution is 2.31. The highest BCUT2D eigenvalue weighted by Gasteiger charge is 2.36. The van der Waals surface area contributed by atoms with Crippen LogP contribution in [0, 0.1) is 3.57 Å². The van der Waals surface area contributed by atoms with Gasteiger partial charge in [-0.1, -0.05) is 18.2 Å². The van der Waals surface area contributed by atoms with Gasteiger partial charge in [0.1, 0.15) is 11.1 Å². The van der Waals surface area contributed by atoms with Crippen LogP contribution in [0.5, 0.6) is 0 Å². The zero-order valence-corrected chi connectivity index (χ0v) is 12.4. The quantitative estimate of drug-likeness (QED) is 0.451. The van der Waals surface area contributed by atoms with E-state index in [0.29, 0.717) is 9.65 Å². The Hall–Kier alpha value is -2.29. The molecule has 0 aromatic heterocycles. The van der Waals surface area contributed by atoms with Crippen LogP contribution < -0.4 is 0 Å². The summed E-state index contributed by atoms with van der Waals surface area (Å²) in [5, 5.41) is 18.1. The van der Waals surface area contributed by atoms with Crippen molar-refractivity contribution in [3.8, 4) is 0 Å². The number of rotatable bonds is 3. The van der Waals surface area contributed by atoms with Gasteiger partial charge >= 0.3 is 11.9 Å². The van der Waals surface area contributed by atoms with Crippen LogP contribution in [0.2, 0.25) is 0 Å². The molecule has 0 amide bonds. The van der Waals surface area contributed by atoms with Crippen LogP contribution in [-0.2, 0) is 19.2 Å². The summed E-state index contributed by atoms with van der Waals surface area (Å²) in [7, 11) is 0. The Morgan fingerprint density at radius 3 is 2.14 bits per heavy atom. The SMILES string of the molecule is O=C(O)C1=CC(=O)C(C(=O)O)=C(c2ccccc2I)C1=O. The van der Waals surface area contributed by atoms with Crippen molar-refractivity contribution in [2.24, 2.45) is 0 Å². The largest absolute Gasteiger partial charge is 0.478 e. The number of hydrogen-bond donors (Lipinski definition) is 2. The fraction of sp³-hybridized carbons (Fsp3) is 0. The Morgan fingerprint density at radius 2 is 1.62 bits per heavy atom. The van der Waals surface area contributed by atoms with Crippen LogP contribution >= 0.6 is 22.6 Å². The minimum atomic E-state index is -1.57. The summed E-state index contributed by atoms with van der Waals surface area (Å²) in [6.45, 7) is 0. The summed E-state index contributed by atoms with van der Waals surface area (Å²) in [5.74, 6) is -5.12. The molecule has 0 aliphatic heterocycles. The van der Waals surface area contributed by atoms with E-state index in [1.54, 1.807) is 18.2 Å². The second-order valence-corrected chi connectivity index (χ2v) is 5.25. The normalized spacial score (nSPS) is 15.0. The molecular weight excluding hydrogens is 391 g/mol. The molecule has 0 atom stereocenters. The molecule has 0 saturated heterocycles. The van der Waals surface area contributed by atoms with E-state index in [2.05, 4.69) is 0 Å². The zero-order chi connectivity index (χ0) is 15.7. The Morgan fingerprint density at radius 1 is 1.00 bits per heavy atom. The molecule has 106 valence electrons. The summed E-state index contributed by atoms with van der Waals surface area (Å²) < 4.78 is 0.539. The first-order chi connectivity index (χ1) is 9.84. The Balaban J connectivity index is 2.78. The maximum Gasteiger partial charge on any atom is 0.340 e. The molecule has 7 heteroatoms. The fourth-order valence-electron chi connectivity index (χ4n) is 1.93. The summed E-state index contributed by atoms with van der Waals surface area (Å²) in [4.78, 5) is 46.4. The first-order valence-corrected chi connectivity index (χ1v) is 6.69. The Labute approximate surface area is 131 Å². The van der Waals surface area contributed by atoms with Crippen LogP contribution in [0.15, 0.2) is 41.5 Å². The van der Waals surface area contributed by atoms with Gasteiger partial charge in [0.15, 0.2) is 5.78 Å². The van der Waals surface area contributed by atoms with Crippen molar-refractivity contribution < 1.29 is 29.4 Å². The number of benzene rings is 1. The summed E-state index contributed by atoms with van der Waals surface area (Å²) >= 11 is 1.88. The number of carboxylic acid groups (broad SMARTS) is 2. The molecular formula is C14H7IO6. The third-order valence-electron chi connectivity index (χ3n) is 2.83. The number of carboxylic acids is 2. The number of carbonyl (C=O) groups excluding carboxylic acids is 2. The average molecular weight is 398 g/mol. The van der Waals surface area contributed by atoms with Crippen LogP contribution in [0.4, 0.5) is 0 Å². The second-order valence-electron chi connectivity index (χ2n) is 4.09. The average Bonchev–Trinajstić information content (AvgIpc) is 2.40. The lowest BCUT2D eigenvalue weighted by Gasteiger charge is -2.16. The number of aliphatic carboxylic acids is 2. The minimum Gasteiger partial charge on any atom is -0.478 e. The molecule has 0 radical (unpaired) electrons. The van der Waals surface area contributed by atoms with Crippen LogP contribution in [0.3, 0.4) is 0 Å². The molecule has 1 aromatic rings. The maximum absolute atomic E-state index is 12.3. The first-order valence-electron chi connectivity index (χ1n) is 5.61. The Kier molecular flexibility index (Phi) is 4.03. The smallest absolute Gasteiger partial charge is 0.340 e. The molecule has 0 fully saturated rings. The number of allylic oxidation sites excluding steroid dienone is 2. The topological polar surface area (TPSA) is 109 Å². The molecule has 6 nitrogen and oxygen atoms in total. The molecule has 1 aliphatic rings. The number of halogens is 1. The number of hydrogen-bond acceptors (Lipinski definition) is 4. The van der Waals surface area contributed by atoms with Gasteiger partial charge in [-0.05, 0) is 34.2 Å². The van der Waals surface area contributed by atoms with Crippen molar-refractivity contribution in [1.82, 2.24) is 0 Å². The van der Waals surface area contributed by atoms with Gasteiger partial charge in [0.25, 0.3) is 0 Å². The number of carbonyl (C=O) groups is 4. The fourth-order valence-corrected chi connectivity index (χ4v) is 2.59. The van der Waals surface area contributed by atoms with Crippen molar-refractivity contribution >= 4 is 51.7 Å². The highest BCUT2D eigenvalue weighted by atomic mass is 127. The minimum absolute atomic E-state index is 0.223. The predicted octanol–water partition coefficient (Wildman–Crippen LogP) is 1.29. The molecule has 0 spiro atoms. The Bertz CT molecular complexity index is 756. The number of Topliss-reactive ketones (excluding diaryl/α,β-unsaturated/α-hetero) is 1.